The van der Waals surface area contributed by atoms with Crippen molar-refractivity contribution in [2.45, 2.75) is 90.6 Å². The summed E-state index contributed by atoms with van der Waals surface area (Å²) in [5.41, 5.74) is 1.60. The minimum atomic E-state index is -0.338. The smallest absolute Gasteiger partial charge is 0.446 e. The first kappa shape index (κ1) is 19.8. The monoisotopic (exact) mass is 385 g/mol. The van der Waals surface area contributed by atoms with Gasteiger partial charge in [-0.15, -0.1) is 0 Å². The predicted octanol–water partition coefficient (Wildman–Crippen LogP) is 4.79. The minimum Gasteiger partial charge on any atom is -0.446 e. The van der Waals surface area contributed by atoms with Crippen molar-refractivity contribution in [2.24, 2.45) is 5.41 Å². The van der Waals surface area contributed by atoms with Crippen molar-refractivity contribution in [1.29, 1.82) is 0 Å². The fourth-order valence-electron chi connectivity index (χ4n) is 4.59. The summed E-state index contributed by atoms with van der Waals surface area (Å²) in [6.45, 7) is 13.8. The lowest BCUT2D eigenvalue weighted by atomic mass is 9.45. The maximum absolute atomic E-state index is 12.8. The Hall–Kier alpha value is -1.53. The zero-order valence-corrected chi connectivity index (χ0v) is 18.0. The normalized spacial score (nSPS) is 31.3. The summed E-state index contributed by atoms with van der Waals surface area (Å²) >= 11 is 0. The number of hydrogen-bond acceptors (Lipinski definition) is 4. The van der Waals surface area contributed by atoms with E-state index in [0.717, 1.165) is 12.8 Å². The van der Waals surface area contributed by atoms with Gasteiger partial charge in [-0.25, -0.2) is 4.79 Å². The number of hydrogen-bond donors (Lipinski definition) is 0. The molecule has 0 N–H and O–H groups in total. The number of amides is 1. The van der Waals surface area contributed by atoms with Crippen LogP contribution in [0.5, 0.6) is 0 Å². The van der Waals surface area contributed by atoms with Crippen LogP contribution >= 0.6 is 0 Å². The summed E-state index contributed by atoms with van der Waals surface area (Å²) in [5.74, 6) is 0.229. The Morgan fingerprint density at radius 1 is 1.11 bits per heavy atom. The van der Waals surface area contributed by atoms with Crippen molar-refractivity contribution >= 4 is 13.2 Å². The Kier molecular flexibility index (Phi) is 4.59. The van der Waals surface area contributed by atoms with E-state index in [2.05, 4.69) is 46.8 Å². The number of rotatable bonds is 3. The fourth-order valence-corrected chi connectivity index (χ4v) is 4.59. The van der Waals surface area contributed by atoms with Crippen LogP contribution in [0.15, 0.2) is 24.3 Å². The van der Waals surface area contributed by atoms with Crippen molar-refractivity contribution in [2.75, 3.05) is 0 Å². The van der Waals surface area contributed by atoms with E-state index in [-0.39, 0.29) is 41.7 Å². The number of carbonyl (C=O) groups is 1. The number of ether oxygens (including phenoxy) is 1. The van der Waals surface area contributed by atoms with E-state index in [4.69, 9.17) is 14.0 Å². The predicted molar refractivity (Wildman–Crippen MR) is 109 cm³/mol. The van der Waals surface area contributed by atoms with Crippen LogP contribution in [0.3, 0.4) is 0 Å². The minimum absolute atomic E-state index is 0.136. The molecule has 1 saturated heterocycles. The van der Waals surface area contributed by atoms with Crippen LogP contribution in [0.2, 0.25) is 5.82 Å². The Labute approximate surface area is 168 Å². The van der Waals surface area contributed by atoms with Crippen LogP contribution < -0.4 is 0 Å². The number of carbonyl (C=O) groups excluding carboxylic acids is 1. The SMILES string of the molecule is C[C@H](OC(=O)N1Cc2ccccc2C1)[C@]1(C)CCC1B1OC(C)(C)C(C)(C)O1. The number of fused-ring (bicyclic) bond motifs is 1. The topological polar surface area (TPSA) is 48.0 Å². The van der Waals surface area contributed by atoms with Crippen molar-refractivity contribution in [3.8, 4) is 0 Å². The van der Waals surface area contributed by atoms with Crippen molar-refractivity contribution in [1.82, 2.24) is 4.90 Å². The molecule has 2 aliphatic heterocycles. The highest BCUT2D eigenvalue weighted by atomic mass is 16.7. The van der Waals surface area contributed by atoms with Crippen LogP contribution in [0.25, 0.3) is 0 Å². The third kappa shape index (κ3) is 3.05. The lowest BCUT2D eigenvalue weighted by Crippen LogP contribution is -2.51. The van der Waals surface area contributed by atoms with Gasteiger partial charge in [0.15, 0.2) is 0 Å². The third-order valence-electron chi connectivity index (χ3n) is 7.75. The maximum atomic E-state index is 12.8. The zero-order chi connectivity index (χ0) is 20.3. The maximum Gasteiger partial charge on any atom is 0.461 e. The third-order valence-corrected chi connectivity index (χ3v) is 7.75. The molecule has 1 unspecified atom stereocenters. The number of benzene rings is 1. The van der Waals surface area contributed by atoms with Gasteiger partial charge < -0.3 is 14.0 Å². The first-order chi connectivity index (χ1) is 13.0. The van der Waals surface area contributed by atoms with Crippen LogP contribution in [-0.2, 0) is 27.1 Å². The van der Waals surface area contributed by atoms with E-state index < -0.39 is 0 Å². The Bertz CT molecular complexity index is 739. The van der Waals surface area contributed by atoms with E-state index in [9.17, 15) is 4.79 Å². The molecule has 1 amide bonds. The summed E-state index contributed by atoms with van der Waals surface area (Å²) in [7, 11) is -0.249. The van der Waals surface area contributed by atoms with Crippen LogP contribution in [0.4, 0.5) is 4.79 Å². The summed E-state index contributed by atoms with van der Waals surface area (Å²) in [6.07, 6.45) is 1.62. The fraction of sp³-hybridized carbons (Fsp3) is 0.682. The van der Waals surface area contributed by atoms with Gasteiger partial charge in [-0.2, -0.15) is 0 Å². The summed E-state index contributed by atoms with van der Waals surface area (Å²) in [5, 5.41) is 0. The van der Waals surface area contributed by atoms with E-state index in [1.54, 1.807) is 4.90 Å². The van der Waals surface area contributed by atoms with Crippen LogP contribution in [0, 0.1) is 5.41 Å². The average molecular weight is 385 g/mol. The second-order valence-electron chi connectivity index (χ2n) is 9.93. The molecule has 6 heteroatoms. The Balaban J connectivity index is 1.40. The summed E-state index contributed by atoms with van der Waals surface area (Å²) in [6, 6.07) is 8.18. The molecule has 0 aromatic heterocycles. The van der Waals surface area contributed by atoms with E-state index >= 15 is 0 Å². The molecule has 1 aromatic carbocycles. The lowest BCUT2D eigenvalue weighted by molar-refractivity contribution is -0.0413. The highest BCUT2D eigenvalue weighted by Gasteiger charge is 2.62. The van der Waals surface area contributed by atoms with Crippen LogP contribution in [-0.4, -0.2) is 35.4 Å². The van der Waals surface area contributed by atoms with Gasteiger partial charge in [0.05, 0.1) is 11.2 Å². The van der Waals surface area contributed by atoms with Crippen molar-refractivity contribution in [3.05, 3.63) is 35.4 Å². The van der Waals surface area contributed by atoms with Gasteiger partial charge >= 0.3 is 13.2 Å². The van der Waals surface area contributed by atoms with Crippen LogP contribution in [0.1, 0.15) is 65.5 Å². The van der Waals surface area contributed by atoms with Gasteiger partial charge in [-0.3, -0.25) is 4.90 Å². The van der Waals surface area contributed by atoms with E-state index in [1.165, 1.54) is 11.1 Å². The second-order valence-corrected chi connectivity index (χ2v) is 9.93. The molecule has 3 atom stereocenters. The quantitative estimate of drug-likeness (QED) is 0.702. The Morgan fingerprint density at radius 3 is 2.11 bits per heavy atom. The van der Waals surface area contributed by atoms with Gasteiger partial charge in [-0.05, 0) is 52.2 Å². The molecule has 0 radical (unpaired) electrons. The van der Waals surface area contributed by atoms with Gasteiger partial charge in [0, 0.05) is 24.3 Å². The molecule has 5 nitrogen and oxygen atoms in total. The molecule has 0 bridgehead atoms. The highest BCUT2D eigenvalue weighted by molar-refractivity contribution is 6.48. The first-order valence-electron chi connectivity index (χ1n) is 10.4. The molecule has 4 rings (SSSR count). The van der Waals surface area contributed by atoms with Gasteiger partial charge in [0.2, 0.25) is 0 Å². The van der Waals surface area contributed by atoms with Crippen molar-refractivity contribution < 1.29 is 18.8 Å². The lowest BCUT2D eigenvalue weighted by Gasteiger charge is -2.50. The standard InChI is InChI=1S/C22H32BNO4/c1-15(26-19(25)24-13-16-9-7-8-10-17(16)14-24)22(6)12-11-18(22)23-27-20(2,3)21(4,5)28-23/h7-10,15,18H,11-14H2,1-6H3/t15-,18?,22-/m0/s1. The molecule has 1 saturated carbocycles. The molecule has 3 aliphatic rings. The molecule has 0 spiro atoms. The van der Waals surface area contributed by atoms with Gasteiger partial charge in [0.25, 0.3) is 0 Å². The Morgan fingerprint density at radius 2 is 1.64 bits per heavy atom. The molecule has 2 heterocycles. The molecule has 2 fully saturated rings. The van der Waals surface area contributed by atoms with Crippen molar-refractivity contribution in [3.63, 3.8) is 0 Å². The van der Waals surface area contributed by atoms with Gasteiger partial charge in [0.1, 0.15) is 6.10 Å². The molecule has 1 aliphatic carbocycles. The number of nitrogens with zero attached hydrogens (tertiary/aromatic N) is 1. The molecular formula is C22H32BNO4. The molecule has 1 aromatic rings. The molecule has 28 heavy (non-hydrogen) atoms. The second kappa shape index (κ2) is 6.49. The largest absolute Gasteiger partial charge is 0.461 e. The average Bonchev–Trinajstić information content (AvgIpc) is 3.11. The molecule has 152 valence electrons. The summed E-state index contributed by atoms with van der Waals surface area (Å²) in [4.78, 5) is 14.6. The van der Waals surface area contributed by atoms with E-state index in [1.807, 2.05) is 19.1 Å². The first-order valence-corrected chi connectivity index (χ1v) is 10.4. The highest BCUT2D eigenvalue weighted by Crippen LogP contribution is 2.58. The zero-order valence-electron chi connectivity index (χ0n) is 18.0. The van der Waals surface area contributed by atoms with E-state index in [0.29, 0.717) is 13.1 Å². The summed E-state index contributed by atoms with van der Waals surface area (Å²) < 4.78 is 18.5. The molecular weight excluding hydrogens is 353 g/mol. The van der Waals surface area contributed by atoms with Gasteiger partial charge in [-0.1, -0.05) is 37.6 Å².